The molecule has 2 heterocycles. The summed E-state index contributed by atoms with van der Waals surface area (Å²) in [5.74, 6) is -0.0230. The van der Waals surface area contributed by atoms with Crippen molar-refractivity contribution in [3.05, 3.63) is 42.4 Å². The quantitative estimate of drug-likeness (QED) is 0.698. The largest absolute Gasteiger partial charge is 0.469 e. The van der Waals surface area contributed by atoms with Crippen LogP contribution in [0.25, 0.3) is 0 Å². The standard InChI is InChI=1S/C17H18N2O6/c1-17(22,8-12-3-2-6-23-12)9-18-15(20)16(21)19-11-4-5-13-14(7-11)25-10-24-13/h2-7,22H,8-10H2,1H3,(H,18,20)(H,19,21). The minimum absolute atomic E-state index is 0.0961. The van der Waals surface area contributed by atoms with E-state index in [0.717, 1.165) is 0 Å². The molecule has 3 rings (SSSR count). The molecule has 1 aliphatic heterocycles. The zero-order chi connectivity index (χ0) is 17.9. The van der Waals surface area contributed by atoms with Crippen molar-refractivity contribution in [3.8, 4) is 11.5 Å². The zero-order valence-electron chi connectivity index (χ0n) is 13.6. The van der Waals surface area contributed by atoms with Crippen LogP contribution in [0.3, 0.4) is 0 Å². The van der Waals surface area contributed by atoms with Crippen molar-refractivity contribution in [2.75, 3.05) is 18.7 Å². The van der Waals surface area contributed by atoms with Crippen LogP contribution >= 0.6 is 0 Å². The molecule has 8 nitrogen and oxygen atoms in total. The number of hydrogen-bond acceptors (Lipinski definition) is 6. The van der Waals surface area contributed by atoms with Gasteiger partial charge in [-0.1, -0.05) is 0 Å². The Morgan fingerprint density at radius 3 is 2.76 bits per heavy atom. The minimum atomic E-state index is -1.24. The Hall–Kier alpha value is -3.00. The van der Waals surface area contributed by atoms with Crippen LogP contribution < -0.4 is 20.1 Å². The molecule has 3 N–H and O–H groups in total. The third kappa shape index (κ3) is 4.30. The lowest BCUT2D eigenvalue weighted by Gasteiger charge is -2.22. The van der Waals surface area contributed by atoms with E-state index in [4.69, 9.17) is 13.9 Å². The van der Waals surface area contributed by atoms with Gasteiger partial charge in [0, 0.05) is 24.7 Å². The highest BCUT2D eigenvalue weighted by atomic mass is 16.7. The average molecular weight is 346 g/mol. The third-order valence-corrected chi connectivity index (χ3v) is 3.60. The summed E-state index contributed by atoms with van der Waals surface area (Å²) in [5, 5.41) is 15.2. The third-order valence-electron chi connectivity index (χ3n) is 3.60. The first-order valence-corrected chi connectivity index (χ1v) is 7.66. The topological polar surface area (TPSA) is 110 Å². The SMILES string of the molecule is CC(O)(CNC(=O)C(=O)Nc1ccc2c(c1)OCO2)Cc1ccco1. The fourth-order valence-corrected chi connectivity index (χ4v) is 2.36. The van der Waals surface area contributed by atoms with Crippen molar-refractivity contribution >= 4 is 17.5 Å². The van der Waals surface area contributed by atoms with E-state index in [0.29, 0.717) is 22.9 Å². The first kappa shape index (κ1) is 16.8. The van der Waals surface area contributed by atoms with E-state index in [1.807, 2.05) is 0 Å². The number of carbonyl (C=O) groups excluding carboxylic acids is 2. The molecule has 0 spiro atoms. The second-order valence-corrected chi connectivity index (χ2v) is 5.96. The van der Waals surface area contributed by atoms with E-state index >= 15 is 0 Å². The summed E-state index contributed by atoms with van der Waals surface area (Å²) in [6.45, 7) is 1.57. The van der Waals surface area contributed by atoms with Crippen molar-refractivity contribution in [1.29, 1.82) is 0 Å². The predicted molar refractivity (Wildman–Crippen MR) is 87.2 cm³/mol. The highest BCUT2D eigenvalue weighted by Gasteiger charge is 2.25. The van der Waals surface area contributed by atoms with Gasteiger partial charge in [-0.2, -0.15) is 0 Å². The minimum Gasteiger partial charge on any atom is -0.469 e. The van der Waals surface area contributed by atoms with E-state index in [1.165, 1.54) is 6.26 Å². The van der Waals surface area contributed by atoms with E-state index < -0.39 is 17.4 Å². The molecule has 8 heteroatoms. The zero-order valence-corrected chi connectivity index (χ0v) is 13.6. The van der Waals surface area contributed by atoms with Crippen LogP contribution in [0.4, 0.5) is 5.69 Å². The molecular weight excluding hydrogens is 328 g/mol. The van der Waals surface area contributed by atoms with Gasteiger partial charge in [0.25, 0.3) is 0 Å². The molecule has 1 aromatic heterocycles. The molecule has 1 atom stereocenters. The van der Waals surface area contributed by atoms with Gasteiger partial charge in [0.05, 0.1) is 11.9 Å². The number of fused-ring (bicyclic) bond motifs is 1. The molecule has 2 amide bonds. The molecule has 0 bridgehead atoms. The number of benzene rings is 1. The maximum Gasteiger partial charge on any atom is 0.313 e. The first-order valence-electron chi connectivity index (χ1n) is 7.66. The molecule has 0 aliphatic carbocycles. The van der Waals surface area contributed by atoms with Gasteiger partial charge in [-0.25, -0.2) is 0 Å². The Labute approximate surface area is 143 Å². The Morgan fingerprint density at radius 2 is 2.00 bits per heavy atom. The van der Waals surface area contributed by atoms with Crippen LogP contribution in [-0.2, 0) is 16.0 Å². The monoisotopic (exact) mass is 346 g/mol. The Bertz CT molecular complexity index is 769. The van der Waals surface area contributed by atoms with Gasteiger partial charge < -0.3 is 29.6 Å². The lowest BCUT2D eigenvalue weighted by molar-refractivity contribution is -0.136. The maximum absolute atomic E-state index is 12.0. The Balaban J connectivity index is 1.51. The summed E-state index contributed by atoms with van der Waals surface area (Å²) in [6, 6.07) is 8.25. The van der Waals surface area contributed by atoms with Crippen LogP contribution in [0.15, 0.2) is 41.0 Å². The van der Waals surface area contributed by atoms with Crippen LogP contribution in [0.5, 0.6) is 11.5 Å². The number of amides is 2. The predicted octanol–water partition coefficient (Wildman–Crippen LogP) is 1.06. The van der Waals surface area contributed by atoms with Gasteiger partial charge >= 0.3 is 11.8 Å². The summed E-state index contributed by atoms with van der Waals surface area (Å²) in [6.07, 6.45) is 1.72. The molecule has 25 heavy (non-hydrogen) atoms. The second kappa shape index (κ2) is 6.86. The first-order chi connectivity index (χ1) is 11.9. The second-order valence-electron chi connectivity index (χ2n) is 5.96. The summed E-state index contributed by atoms with van der Waals surface area (Å²) >= 11 is 0. The molecule has 0 fully saturated rings. The lowest BCUT2D eigenvalue weighted by Crippen LogP contribution is -2.45. The summed E-state index contributed by atoms with van der Waals surface area (Å²) in [4.78, 5) is 23.9. The van der Waals surface area contributed by atoms with Gasteiger partial charge in [-0.15, -0.1) is 0 Å². The normalized spacial score (nSPS) is 14.6. The van der Waals surface area contributed by atoms with Crippen LogP contribution in [-0.4, -0.2) is 35.9 Å². The number of aliphatic hydroxyl groups is 1. The van der Waals surface area contributed by atoms with Crippen LogP contribution in [0, 0.1) is 0 Å². The van der Waals surface area contributed by atoms with Crippen molar-refractivity contribution in [3.63, 3.8) is 0 Å². The number of anilines is 1. The van der Waals surface area contributed by atoms with Gasteiger partial charge in [0.15, 0.2) is 11.5 Å². The number of hydrogen-bond donors (Lipinski definition) is 3. The molecule has 1 unspecified atom stereocenters. The van der Waals surface area contributed by atoms with E-state index in [2.05, 4.69) is 10.6 Å². The fourth-order valence-electron chi connectivity index (χ4n) is 2.36. The average Bonchev–Trinajstić information content (AvgIpc) is 3.23. The highest BCUT2D eigenvalue weighted by Crippen LogP contribution is 2.34. The molecule has 132 valence electrons. The molecule has 1 aromatic carbocycles. The van der Waals surface area contributed by atoms with Gasteiger partial charge in [0.2, 0.25) is 6.79 Å². The van der Waals surface area contributed by atoms with Crippen LogP contribution in [0.1, 0.15) is 12.7 Å². The van der Waals surface area contributed by atoms with Crippen molar-refractivity contribution in [2.45, 2.75) is 18.9 Å². The van der Waals surface area contributed by atoms with Gasteiger partial charge in [-0.3, -0.25) is 9.59 Å². The van der Waals surface area contributed by atoms with E-state index in [1.54, 1.807) is 37.3 Å². The van der Waals surface area contributed by atoms with Crippen LogP contribution in [0.2, 0.25) is 0 Å². The number of ether oxygens (including phenoxy) is 2. The number of carbonyl (C=O) groups is 2. The number of nitrogens with one attached hydrogen (secondary N) is 2. The summed E-state index contributed by atoms with van der Waals surface area (Å²) < 4.78 is 15.5. The van der Waals surface area contributed by atoms with Crippen molar-refractivity contribution < 1.29 is 28.6 Å². The highest BCUT2D eigenvalue weighted by molar-refractivity contribution is 6.39. The molecule has 0 radical (unpaired) electrons. The summed E-state index contributed by atoms with van der Waals surface area (Å²) in [5.41, 5.74) is -0.834. The van der Waals surface area contributed by atoms with E-state index in [-0.39, 0.29) is 19.8 Å². The molecule has 0 saturated carbocycles. The molecule has 0 saturated heterocycles. The molecule has 2 aromatic rings. The number of furan rings is 1. The number of rotatable bonds is 5. The smallest absolute Gasteiger partial charge is 0.313 e. The van der Waals surface area contributed by atoms with Crippen molar-refractivity contribution in [1.82, 2.24) is 5.32 Å². The Kier molecular flexibility index (Phi) is 4.62. The molecular formula is C17H18N2O6. The summed E-state index contributed by atoms with van der Waals surface area (Å²) in [7, 11) is 0. The Morgan fingerprint density at radius 1 is 1.20 bits per heavy atom. The molecule has 1 aliphatic rings. The maximum atomic E-state index is 12.0. The van der Waals surface area contributed by atoms with Gasteiger partial charge in [0.1, 0.15) is 5.76 Å². The fraction of sp³-hybridized carbons (Fsp3) is 0.294. The van der Waals surface area contributed by atoms with Gasteiger partial charge in [-0.05, 0) is 31.2 Å². The van der Waals surface area contributed by atoms with E-state index in [9.17, 15) is 14.7 Å². The lowest BCUT2D eigenvalue weighted by atomic mass is 10.0. The van der Waals surface area contributed by atoms with Crippen molar-refractivity contribution in [2.24, 2.45) is 0 Å².